The fourth-order valence-corrected chi connectivity index (χ4v) is 3.47. The average Bonchev–Trinajstić information content (AvgIpc) is 3.42. The highest BCUT2D eigenvalue weighted by Gasteiger charge is 2.24. The molecule has 4 aromatic heterocycles. The molecule has 5 aromatic rings. The Labute approximate surface area is 181 Å². The van der Waals surface area contributed by atoms with Crippen molar-refractivity contribution in [1.29, 1.82) is 5.26 Å². The minimum Gasteiger partial charge on any atom is -0.443 e. The normalized spacial score (nSPS) is 11.0. The predicted molar refractivity (Wildman–Crippen MR) is 113 cm³/mol. The molecule has 0 spiro atoms. The Balaban J connectivity index is 1.77. The van der Waals surface area contributed by atoms with E-state index in [2.05, 4.69) is 31.2 Å². The SMILES string of the molecule is Cc1ncoc1-c1c(-c2cccc(C#N)c2)nc(N)c2nn(Cc3ncccc3F)nc12. The van der Waals surface area contributed by atoms with Gasteiger partial charge in [-0.05, 0) is 31.2 Å². The molecule has 0 bridgehead atoms. The van der Waals surface area contributed by atoms with Gasteiger partial charge in [-0.3, -0.25) is 4.98 Å². The number of oxazole rings is 1. The Kier molecular flexibility index (Phi) is 4.56. The van der Waals surface area contributed by atoms with Crippen molar-refractivity contribution in [2.45, 2.75) is 13.5 Å². The molecule has 0 saturated heterocycles. The molecule has 0 amide bonds. The molecule has 0 atom stereocenters. The summed E-state index contributed by atoms with van der Waals surface area (Å²) in [5, 5.41) is 18.3. The van der Waals surface area contributed by atoms with Gasteiger partial charge in [-0.1, -0.05) is 12.1 Å². The van der Waals surface area contributed by atoms with E-state index >= 15 is 0 Å². The largest absolute Gasteiger partial charge is 0.443 e. The summed E-state index contributed by atoms with van der Waals surface area (Å²) in [5.41, 5.74) is 9.96. The summed E-state index contributed by atoms with van der Waals surface area (Å²) in [6, 6.07) is 11.9. The summed E-state index contributed by atoms with van der Waals surface area (Å²) in [6.07, 6.45) is 2.83. The molecule has 4 heterocycles. The standard InChI is InChI=1S/C22H15FN8O/c1-12-21(32-11-27-12)17-18(14-5-2-4-13(8-14)9-24)28-22(25)20-19(17)29-31(30-20)10-16-15(23)6-3-7-26-16/h2-8,11H,10H2,1H3,(H2,25,28). The number of aromatic nitrogens is 6. The maximum Gasteiger partial charge on any atom is 0.181 e. The van der Waals surface area contributed by atoms with Gasteiger partial charge < -0.3 is 10.2 Å². The smallest absolute Gasteiger partial charge is 0.181 e. The van der Waals surface area contributed by atoms with Crippen molar-refractivity contribution in [3.63, 3.8) is 0 Å². The first-order valence-corrected chi connectivity index (χ1v) is 9.60. The Morgan fingerprint density at radius 2 is 2.00 bits per heavy atom. The summed E-state index contributed by atoms with van der Waals surface area (Å²) < 4.78 is 19.8. The summed E-state index contributed by atoms with van der Waals surface area (Å²) in [6.45, 7) is 1.80. The van der Waals surface area contributed by atoms with Crippen molar-refractivity contribution >= 4 is 16.9 Å². The third-order valence-corrected chi connectivity index (χ3v) is 4.97. The summed E-state index contributed by atoms with van der Waals surface area (Å²) >= 11 is 0. The number of nitriles is 1. The molecule has 0 radical (unpaired) electrons. The van der Waals surface area contributed by atoms with Gasteiger partial charge in [-0.2, -0.15) is 15.2 Å². The Hall–Kier alpha value is -4.65. The molecular formula is C22H15FN8O. The molecule has 0 aliphatic heterocycles. The number of halogens is 1. The van der Waals surface area contributed by atoms with E-state index in [1.54, 1.807) is 25.1 Å². The maximum absolute atomic E-state index is 14.1. The number of hydrogen-bond donors (Lipinski definition) is 1. The quantitative estimate of drug-likeness (QED) is 0.462. The summed E-state index contributed by atoms with van der Waals surface area (Å²) in [4.78, 5) is 14.1. The first kappa shape index (κ1) is 19.3. The number of nitrogens with two attached hydrogens (primary N) is 1. The van der Waals surface area contributed by atoms with Gasteiger partial charge in [0, 0.05) is 11.8 Å². The summed E-state index contributed by atoms with van der Waals surface area (Å²) in [5.74, 6) is 0.141. The highest BCUT2D eigenvalue weighted by atomic mass is 19.1. The van der Waals surface area contributed by atoms with E-state index < -0.39 is 5.82 Å². The second kappa shape index (κ2) is 7.55. The molecule has 2 N–H and O–H groups in total. The van der Waals surface area contributed by atoms with Crippen LogP contribution in [0.5, 0.6) is 0 Å². The van der Waals surface area contributed by atoms with Crippen LogP contribution in [-0.2, 0) is 6.54 Å². The van der Waals surface area contributed by atoms with E-state index in [1.165, 1.54) is 29.5 Å². The molecule has 0 fully saturated rings. The minimum absolute atomic E-state index is 0.00880. The number of anilines is 1. The van der Waals surface area contributed by atoms with Crippen LogP contribution < -0.4 is 5.73 Å². The van der Waals surface area contributed by atoms with Gasteiger partial charge >= 0.3 is 0 Å². The van der Waals surface area contributed by atoms with Crippen molar-refractivity contribution < 1.29 is 8.81 Å². The van der Waals surface area contributed by atoms with Crippen LogP contribution >= 0.6 is 0 Å². The van der Waals surface area contributed by atoms with E-state index in [4.69, 9.17) is 10.2 Å². The van der Waals surface area contributed by atoms with Gasteiger partial charge in [0.1, 0.15) is 17.9 Å². The van der Waals surface area contributed by atoms with Gasteiger partial charge in [0.2, 0.25) is 0 Å². The molecule has 1 aromatic carbocycles. The van der Waals surface area contributed by atoms with Crippen molar-refractivity contribution in [1.82, 2.24) is 29.9 Å². The topological polar surface area (TPSA) is 132 Å². The van der Waals surface area contributed by atoms with Crippen molar-refractivity contribution in [2.75, 3.05) is 5.73 Å². The lowest BCUT2D eigenvalue weighted by atomic mass is 10.00. The van der Waals surface area contributed by atoms with Gasteiger partial charge in [-0.25, -0.2) is 14.4 Å². The average molecular weight is 426 g/mol. The van der Waals surface area contributed by atoms with Crippen molar-refractivity contribution in [3.05, 3.63) is 71.8 Å². The highest BCUT2D eigenvalue weighted by molar-refractivity contribution is 6.02. The lowest BCUT2D eigenvalue weighted by molar-refractivity contribution is 0.540. The Morgan fingerprint density at radius 3 is 2.75 bits per heavy atom. The monoisotopic (exact) mass is 426 g/mol. The molecule has 9 nitrogen and oxygen atoms in total. The highest BCUT2D eigenvalue weighted by Crippen LogP contribution is 2.38. The number of hydrogen-bond acceptors (Lipinski definition) is 8. The second-order valence-electron chi connectivity index (χ2n) is 7.04. The minimum atomic E-state index is -0.458. The molecule has 156 valence electrons. The molecular weight excluding hydrogens is 411 g/mol. The second-order valence-corrected chi connectivity index (χ2v) is 7.04. The zero-order valence-electron chi connectivity index (χ0n) is 16.8. The number of pyridine rings is 2. The van der Waals surface area contributed by atoms with Crippen LogP contribution in [0.4, 0.5) is 10.2 Å². The van der Waals surface area contributed by atoms with Crippen LogP contribution in [0.15, 0.2) is 53.4 Å². The lowest BCUT2D eigenvalue weighted by Crippen LogP contribution is -2.07. The third-order valence-electron chi connectivity index (χ3n) is 4.97. The van der Waals surface area contributed by atoms with Gasteiger partial charge in [0.25, 0.3) is 0 Å². The molecule has 10 heteroatoms. The molecule has 32 heavy (non-hydrogen) atoms. The fraction of sp³-hybridized carbons (Fsp3) is 0.0909. The Bertz CT molecular complexity index is 1510. The number of nitrogens with zero attached hydrogens (tertiary/aromatic N) is 7. The van der Waals surface area contributed by atoms with Gasteiger partial charge in [0.15, 0.2) is 23.5 Å². The van der Waals surface area contributed by atoms with Crippen LogP contribution in [0.1, 0.15) is 17.0 Å². The molecule has 5 rings (SSSR count). The molecule has 0 saturated carbocycles. The van der Waals surface area contributed by atoms with E-state index in [0.29, 0.717) is 44.9 Å². The third kappa shape index (κ3) is 3.22. The van der Waals surface area contributed by atoms with E-state index in [0.717, 1.165) is 0 Å². The van der Waals surface area contributed by atoms with Crippen LogP contribution in [0.3, 0.4) is 0 Å². The molecule has 0 aliphatic carbocycles. The molecule has 0 unspecified atom stereocenters. The lowest BCUT2D eigenvalue weighted by Gasteiger charge is -2.09. The first-order chi connectivity index (χ1) is 15.5. The first-order valence-electron chi connectivity index (χ1n) is 9.60. The van der Waals surface area contributed by atoms with Crippen molar-refractivity contribution in [2.24, 2.45) is 0 Å². The van der Waals surface area contributed by atoms with Crippen LogP contribution in [0.25, 0.3) is 33.6 Å². The number of benzene rings is 1. The molecule has 0 aliphatic rings. The number of nitrogen functional groups attached to an aromatic ring is 1. The number of fused-ring (bicyclic) bond motifs is 1. The van der Waals surface area contributed by atoms with Gasteiger partial charge in [0.05, 0.1) is 34.3 Å². The zero-order chi connectivity index (χ0) is 22.2. The fourth-order valence-electron chi connectivity index (χ4n) is 3.47. The van der Waals surface area contributed by atoms with Crippen molar-refractivity contribution in [3.8, 4) is 28.7 Å². The Morgan fingerprint density at radius 1 is 1.16 bits per heavy atom. The van der Waals surface area contributed by atoms with Crippen LogP contribution in [0, 0.1) is 24.1 Å². The van der Waals surface area contributed by atoms with Crippen LogP contribution in [0.2, 0.25) is 0 Å². The van der Waals surface area contributed by atoms with E-state index in [1.807, 2.05) is 6.07 Å². The zero-order valence-corrected chi connectivity index (χ0v) is 16.8. The maximum atomic E-state index is 14.1. The number of rotatable bonds is 4. The van der Waals surface area contributed by atoms with E-state index in [-0.39, 0.29) is 18.1 Å². The van der Waals surface area contributed by atoms with E-state index in [9.17, 15) is 9.65 Å². The number of aryl methyl sites for hydroxylation is 1. The summed E-state index contributed by atoms with van der Waals surface area (Å²) in [7, 11) is 0. The van der Waals surface area contributed by atoms with Gasteiger partial charge in [-0.15, -0.1) is 5.10 Å². The van der Waals surface area contributed by atoms with Crippen LogP contribution in [-0.4, -0.2) is 29.9 Å². The predicted octanol–water partition coefficient (Wildman–Crippen LogP) is 3.49.